The summed E-state index contributed by atoms with van der Waals surface area (Å²) in [6.45, 7) is 6.54. The summed E-state index contributed by atoms with van der Waals surface area (Å²) < 4.78 is 0. The number of rotatable bonds is 1. The molecule has 0 aliphatic heterocycles. The second kappa shape index (κ2) is 4.13. The highest BCUT2D eigenvalue weighted by atomic mass is 14.3. The van der Waals surface area contributed by atoms with Crippen molar-refractivity contribution in [1.29, 1.82) is 0 Å². The minimum Gasteiger partial charge on any atom is -0.0870 e. The summed E-state index contributed by atoms with van der Waals surface area (Å²) in [5.41, 5.74) is 10.0. The molecule has 0 heterocycles. The molecule has 0 N–H and O–H groups in total. The Morgan fingerprint density at radius 2 is 1.83 bits per heavy atom. The van der Waals surface area contributed by atoms with E-state index in [2.05, 4.69) is 63.3 Å². The van der Waals surface area contributed by atoms with E-state index in [1.54, 1.807) is 0 Å². The fourth-order valence-corrected chi connectivity index (χ4v) is 2.95. The predicted octanol–water partition coefficient (Wildman–Crippen LogP) is 4.91. The van der Waals surface area contributed by atoms with E-state index in [1.807, 2.05) is 0 Å². The zero-order valence-electron chi connectivity index (χ0n) is 11.2. The summed E-state index contributed by atoms with van der Waals surface area (Å²) >= 11 is 0. The molecule has 2 aromatic carbocycles. The van der Waals surface area contributed by atoms with Crippen LogP contribution in [-0.4, -0.2) is 0 Å². The van der Waals surface area contributed by atoms with Crippen molar-refractivity contribution in [3.05, 3.63) is 64.2 Å². The Kier molecular flexibility index (Phi) is 2.59. The van der Waals surface area contributed by atoms with Crippen LogP contribution in [0.3, 0.4) is 0 Å². The van der Waals surface area contributed by atoms with Crippen LogP contribution in [0.4, 0.5) is 0 Å². The minimum atomic E-state index is 1.08. The van der Waals surface area contributed by atoms with Crippen molar-refractivity contribution in [3.63, 3.8) is 0 Å². The Labute approximate surface area is 109 Å². The fraction of sp³-hybridized carbons (Fsp3) is 0.222. The molecule has 0 radical (unpaired) electrons. The monoisotopic (exact) mass is 234 g/mol. The smallest absolute Gasteiger partial charge is 0.000740 e. The normalized spacial score (nSPS) is 12.8. The van der Waals surface area contributed by atoms with Gasteiger partial charge in [0.25, 0.3) is 0 Å². The summed E-state index contributed by atoms with van der Waals surface area (Å²) in [5.74, 6) is 0. The molecule has 0 spiro atoms. The van der Waals surface area contributed by atoms with Gasteiger partial charge in [0, 0.05) is 0 Å². The van der Waals surface area contributed by atoms with Crippen LogP contribution in [0.1, 0.15) is 34.7 Å². The molecule has 0 heteroatoms. The molecule has 0 nitrogen and oxygen atoms in total. The van der Waals surface area contributed by atoms with Gasteiger partial charge in [-0.3, -0.25) is 0 Å². The van der Waals surface area contributed by atoms with Crippen molar-refractivity contribution in [3.8, 4) is 11.1 Å². The highest BCUT2D eigenvalue weighted by Crippen LogP contribution is 2.40. The van der Waals surface area contributed by atoms with Crippen LogP contribution in [0, 0.1) is 13.8 Å². The van der Waals surface area contributed by atoms with Gasteiger partial charge in [-0.05, 0) is 66.1 Å². The second-order valence-electron chi connectivity index (χ2n) is 5.09. The van der Waals surface area contributed by atoms with Crippen LogP contribution in [-0.2, 0) is 6.42 Å². The maximum atomic E-state index is 2.35. The van der Waals surface area contributed by atoms with E-state index in [0.29, 0.717) is 0 Å². The first-order valence-electron chi connectivity index (χ1n) is 6.56. The van der Waals surface area contributed by atoms with Gasteiger partial charge in [-0.15, -0.1) is 0 Å². The largest absolute Gasteiger partial charge is 0.0870 e. The molecule has 0 saturated carbocycles. The summed E-state index contributed by atoms with van der Waals surface area (Å²) in [5, 5.41) is 0. The van der Waals surface area contributed by atoms with E-state index >= 15 is 0 Å². The molecule has 0 amide bonds. The molecule has 0 atom stereocenters. The lowest BCUT2D eigenvalue weighted by Gasteiger charge is -2.12. The van der Waals surface area contributed by atoms with E-state index in [0.717, 1.165) is 6.42 Å². The first-order chi connectivity index (χ1) is 8.72. The Hall–Kier alpha value is -1.82. The predicted molar refractivity (Wildman–Crippen MR) is 78.9 cm³/mol. The number of allylic oxidation sites excluding steroid dienone is 1. The van der Waals surface area contributed by atoms with Gasteiger partial charge in [-0.25, -0.2) is 0 Å². The number of fused-ring (bicyclic) bond motifs is 3. The summed E-state index contributed by atoms with van der Waals surface area (Å²) in [6.07, 6.45) is 5.48. The van der Waals surface area contributed by atoms with Crippen molar-refractivity contribution in [2.24, 2.45) is 0 Å². The van der Waals surface area contributed by atoms with Gasteiger partial charge < -0.3 is 0 Å². The van der Waals surface area contributed by atoms with Gasteiger partial charge in [-0.1, -0.05) is 42.5 Å². The van der Waals surface area contributed by atoms with Gasteiger partial charge in [-0.2, -0.15) is 0 Å². The highest BCUT2D eigenvalue weighted by Gasteiger charge is 2.21. The van der Waals surface area contributed by atoms with Crippen LogP contribution >= 0.6 is 0 Å². The molecule has 1 aliphatic carbocycles. The van der Waals surface area contributed by atoms with Crippen LogP contribution in [0.2, 0.25) is 0 Å². The van der Waals surface area contributed by atoms with Crippen LogP contribution in [0.25, 0.3) is 17.2 Å². The molecular weight excluding hydrogens is 216 g/mol. The summed E-state index contributed by atoms with van der Waals surface area (Å²) in [4.78, 5) is 0. The van der Waals surface area contributed by atoms with Crippen LogP contribution in [0.5, 0.6) is 0 Å². The molecule has 3 rings (SSSR count). The van der Waals surface area contributed by atoms with E-state index in [4.69, 9.17) is 0 Å². The first-order valence-corrected chi connectivity index (χ1v) is 6.56. The average Bonchev–Trinajstić information content (AvgIpc) is 2.74. The number of hydrogen-bond acceptors (Lipinski definition) is 0. The molecule has 1 aliphatic rings. The maximum absolute atomic E-state index is 2.35. The van der Waals surface area contributed by atoms with Crippen molar-refractivity contribution in [1.82, 2.24) is 0 Å². The third-order valence-corrected chi connectivity index (χ3v) is 4.01. The second-order valence-corrected chi connectivity index (χ2v) is 5.09. The minimum absolute atomic E-state index is 1.08. The maximum Gasteiger partial charge on any atom is -0.000740 e. The Bertz CT molecular complexity index is 645. The fourth-order valence-electron chi connectivity index (χ4n) is 2.95. The molecule has 0 saturated heterocycles. The van der Waals surface area contributed by atoms with Crippen LogP contribution < -0.4 is 0 Å². The Morgan fingerprint density at radius 1 is 1.06 bits per heavy atom. The van der Waals surface area contributed by atoms with E-state index in [9.17, 15) is 0 Å². The van der Waals surface area contributed by atoms with Gasteiger partial charge in [0.2, 0.25) is 0 Å². The molecule has 0 unspecified atom stereocenters. The van der Waals surface area contributed by atoms with Crippen molar-refractivity contribution < 1.29 is 0 Å². The van der Waals surface area contributed by atoms with Crippen molar-refractivity contribution >= 4 is 6.08 Å². The topological polar surface area (TPSA) is 0 Å². The SMILES string of the molecule is CC=Cc1c(C)c(C)cc2c1Cc1ccccc1-2. The quantitative estimate of drug-likeness (QED) is 0.561. The van der Waals surface area contributed by atoms with Gasteiger partial charge >= 0.3 is 0 Å². The number of aryl methyl sites for hydroxylation is 1. The Morgan fingerprint density at radius 3 is 2.61 bits per heavy atom. The van der Waals surface area contributed by atoms with Gasteiger partial charge in [0.1, 0.15) is 0 Å². The number of benzene rings is 2. The zero-order valence-corrected chi connectivity index (χ0v) is 11.2. The highest BCUT2D eigenvalue weighted by molar-refractivity contribution is 5.82. The van der Waals surface area contributed by atoms with Crippen molar-refractivity contribution in [2.45, 2.75) is 27.2 Å². The van der Waals surface area contributed by atoms with E-state index in [1.165, 1.54) is 38.9 Å². The Balaban J connectivity index is 2.32. The molecule has 0 bridgehead atoms. The lowest BCUT2D eigenvalue weighted by molar-refractivity contribution is 1.21. The van der Waals surface area contributed by atoms with E-state index < -0.39 is 0 Å². The lowest BCUT2D eigenvalue weighted by Crippen LogP contribution is -1.94. The van der Waals surface area contributed by atoms with Gasteiger partial charge in [0.05, 0.1) is 0 Å². The van der Waals surface area contributed by atoms with Crippen molar-refractivity contribution in [2.75, 3.05) is 0 Å². The summed E-state index contributed by atoms with van der Waals surface area (Å²) in [6, 6.07) is 11.1. The standard InChI is InChI=1S/C18H18/c1-4-7-15-13(3)12(2)10-17-16-9-6-5-8-14(16)11-18(15)17/h4-10H,11H2,1-3H3. The summed E-state index contributed by atoms with van der Waals surface area (Å²) in [7, 11) is 0. The molecule has 0 fully saturated rings. The zero-order chi connectivity index (χ0) is 12.7. The van der Waals surface area contributed by atoms with Crippen LogP contribution in [0.15, 0.2) is 36.4 Å². The number of hydrogen-bond donors (Lipinski definition) is 0. The molecule has 0 aromatic heterocycles. The molecule has 18 heavy (non-hydrogen) atoms. The lowest BCUT2D eigenvalue weighted by atomic mass is 9.93. The average molecular weight is 234 g/mol. The molecular formula is C18H18. The molecule has 90 valence electrons. The third kappa shape index (κ3) is 1.53. The first kappa shape index (κ1) is 11.3. The third-order valence-electron chi connectivity index (χ3n) is 4.01. The molecule has 2 aromatic rings. The van der Waals surface area contributed by atoms with E-state index in [-0.39, 0.29) is 0 Å². The van der Waals surface area contributed by atoms with Gasteiger partial charge in [0.15, 0.2) is 0 Å².